The molecule has 0 spiro atoms. The van der Waals surface area contributed by atoms with Gasteiger partial charge >= 0.3 is 0 Å². The number of sulfonamides is 1. The molecule has 35 heavy (non-hydrogen) atoms. The summed E-state index contributed by atoms with van der Waals surface area (Å²) in [6.07, 6.45) is 1.60. The summed E-state index contributed by atoms with van der Waals surface area (Å²) in [5.74, 6) is -0.0652. The molecule has 1 amide bonds. The molecule has 4 rings (SSSR count). The van der Waals surface area contributed by atoms with Crippen molar-refractivity contribution < 1.29 is 26.8 Å². The maximum Gasteiger partial charge on any atom is 0.261 e. The van der Waals surface area contributed by atoms with Crippen molar-refractivity contribution in [3.63, 3.8) is 0 Å². The molecule has 1 heterocycles. The topological polar surface area (TPSA) is 97.6 Å². The van der Waals surface area contributed by atoms with Crippen LogP contribution in [0.25, 0.3) is 0 Å². The number of halogens is 1. The Morgan fingerprint density at radius 3 is 2.34 bits per heavy atom. The monoisotopic (exact) mass is 494 g/mol. The van der Waals surface area contributed by atoms with Crippen LogP contribution in [0.1, 0.15) is 27.2 Å². The fourth-order valence-electron chi connectivity index (χ4n) is 3.30. The second-order valence-electron chi connectivity index (χ2n) is 7.71. The van der Waals surface area contributed by atoms with E-state index >= 15 is 0 Å². The zero-order valence-corrected chi connectivity index (χ0v) is 19.4. The number of rotatable bonds is 10. The summed E-state index contributed by atoms with van der Waals surface area (Å²) >= 11 is 0. The van der Waals surface area contributed by atoms with Gasteiger partial charge in [0.2, 0.25) is 0 Å². The highest BCUT2D eigenvalue weighted by atomic mass is 32.2. The van der Waals surface area contributed by atoms with E-state index in [1.54, 1.807) is 6.26 Å². The van der Waals surface area contributed by atoms with E-state index in [1.165, 1.54) is 36.4 Å². The number of carbonyl (C=O) groups is 1. The lowest BCUT2D eigenvalue weighted by Crippen LogP contribution is -2.22. The maximum atomic E-state index is 13.0. The van der Waals surface area contributed by atoms with Crippen LogP contribution in [0, 0.1) is 5.82 Å². The first kappa shape index (κ1) is 24.2. The molecule has 0 radical (unpaired) electrons. The van der Waals surface area contributed by atoms with Crippen molar-refractivity contribution in [2.24, 2.45) is 0 Å². The molecule has 0 saturated heterocycles. The van der Waals surface area contributed by atoms with Crippen molar-refractivity contribution in [2.45, 2.75) is 24.7 Å². The van der Waals surface area contributed by atoms with Crippen molar-refractivity contribution in [3.8, 4) is 0 Å². The molecular weight excluding hydrogens is 471 g/mol. The number of carbonyl (C=O) groups excluding carboxylic acids is 1. The average molecular weight is 495 g/mol. The minimum atomic E-state index is -3.87. The predicted molar refractivity (Wildman–Crippen MR) is 128 cm³/mol. The Kier molecular flexibility index (Phi) is 7.59. The SMILES string of the molecule is O=C(NCc1cccc(COCc2ccco2)c1)c1ccc(NS(=O)(=O)c2ccc(F)cc2)cc1. The Bertz CT molecular complexity index is 1370. The second-order valence-corrected chi connectivity index (χ2v) is 9.39. The third-order valence-electron chi connectivity index (χ3n) is 5.06. The van der Waals surface area contributed by atoms with E-state index in [1.807, 2.05) is 36.4 Å². The molecule has 9 heteroatoms. The largest absolute Gasteiger partial charge is 0.467 e. The molecule has 180 valence electrons. The zero-order chi connectivity index (χ0) is 24.7. The van der Waals surface area contributed by atoms with Gasteiger partial charge in [-0.1, -0.05) is 24.3 Å². The van der Waals surface area contributed by atoms with E-state index in [9.17, 15) is 17.6 Å². The third-order valence-corrected chi connectivity index (χ3v) is 6.46. The van der Waals surface area contributed by atoms with Gasteiger partial charge in [0, 0.05) is 17.8 Å². The number of hydrogen-bond acceptors (Lipinski definition) is 5. The van der Waals surface area contributed by atoms with Gasteiger partial charge in [-0.15, -0.1) is 0 Å². The summed E-state index contributed by atoms with van der Waals surface area (Å²) < 4.78 is 51.2. The number of furan rings is 1. The van der Waals surface area contributed by atoms with E-state index in [4.69, 9.17) is 9.15 Å². The van der Waals surface area contributed by atoms with Gasteiger partial charge in [0.05, 0.1) is 17.8 Å². The Morgan fingerprint density at radius 1 is 0.886 bits per heavy atom. The van der Waals surface area contributed by atoms with Gasteiger partial charge in [-0.05, 0) is 71.8 Å². The maximum absolute atomic E-state index is 13.0. The first-order valence-corrected chi connectivity index (χ1v) is 12.2. The summed E-state index contributed by atoms with van der Waals surface area (Å²) in [7, 11) is -3.87. The lowest BCUT2D eigenvalue weighted by atomic mass is 10.1. The molecule has 0 aliphatic heterocycles. The number of nitrogens with one attached hydrogen (secondary N) is 2. The van der Waals surface area contributed by atoms with Crippen molar-refractivity contribution in [2.75, 3.05) is 4.72 Å². The van der Waals surface area contributed by atoms with Crippen LogP contribution in [0.15, 0.2) is 101 Å². The number of anilines is 1. The van der Waals surface area contributed by atoms with E-state index in [0.717, 1.165) is 29.0 Å². The van der Waals surface area contributed by atoms with Crippen LogP contribution in [0.5, 0.6) is 0 Å². The highest BCUT2D eigenvalue weighted by Gasteiger charge is 2.14. The molecule has 0 bridgehead atoms. The summed E-state index contributed by atoms with van der Waals surface area (Å²) in [6.45, 7) is 1.12. The van der Waals surface area contributed by atoms with Crippen molar-refractivity contribution >= 4 is 21.6 Å². The molecule has 2 N–H and O–H groups in total. The summed E-state index contributed by atoms with van der Waals surface area (Å²) in [6, 6.07) is 21.9. The van der Waals surface area contributed by atoms with Gasteiger partial charge in [0.15, 0.2) is 0 Å². The molecule has 1 aromatic heterocycles. The van der Waals surface area contributed by atoms with Gasteiger partial charge in [0.1, 0.15) is 18.2 Å². The Labute approximate surface area is 202 Å². The highest BCUT2D eigenvalue weighted by molar-refractivity contribution is 7.92. The lowest BCUT2D eigenvalue weighted by Gasteiger charge is -2.10. The smallest absolute Gasteiger partial charge is 0.261 e. The summed E-state index contributed by atoms with van der Waals surface area (Å²) in [4.78, 5) is 12.5. The van der Waals surface area contributed by atoms with Crippen molar-refractivity contribution in [1.29, 1.82) is 0 Å². The second kappa shape index (κ2) is 11.0. The predicted octanol–water partition coefficient (Wildman–Crippen LogP) is 4.87. The van der Waals surface area contributed by atoms with Gasteiger partial charge in [-0.2, -0.15) is 0 Å². The van der Waals surface area contributed by atoms with Crippen LogP contribution < -0.4 is 10.0 Å². The highest BCUT2D eigenvalue weighted by Crippen LogP contribution is 2.17. The zero-order valence-electron chi connectivity index (χ0n) is 18.6. The quantitative estimate of drug-likeness (QED) is 0.328. The van der Waals surface area contributed by atoms with Crippen LogP contribution in [0.3, 0.4) is 0 Å². The molecule has 0 atom stereocenters. The molecule has 7 nitrogen and oxygen atoms in total. The van der Waals surface area contributed by atoms with Gasteiger partial charge < -0.3 is 14.5 Å². The van der Waals surface area contributed by atoms with Gasteiger partial charge in [-0.3, -0.25) is 9.52 Å². The Morgan fingerprint density at radius 2 is 1.63 bits per heavy atom. The molecule has 0 saturated carbocycles. The molecule has 4 aromatic rings. The molecule has 0 aliphatic rings. The molecule has 0 fully saturated rings. The lowest BCUT2D eigenvalue weighted by molar-refractivity contribution is 0.0928. The van der Waals surface area contributed by atoms with E-state index in [0.29, 0.717) is 25.3 Å². The number of hydrogen-bond donors (Lipinski definition) is 2. The number of ether oxygens (including phenoxy) is 1. The minimum absolute atomic E-state index is 0.0608. The molecule has 0 aliphatic carbocycles. The Balaban J connectivity index is 1.29. The standard InChI is InChI=1S/C26H23FN2O5S/c27-22-8-12-25(13-9-22)35(31,32)29-23-10-6-21(7-11-23)26(30)28-16-19-3-1-4-20(15-19)17-33-18-24-5-2-14-34-24/h1-15,29H,16-18H2,(H,28,30). The first-order chi connectivity index (χ1) is 16.9. The fraction of sp³-hybridized carbons (Fsp3) is 0.115. The molecule has 0 unspecified atom stereocenters. The van der Waals surface area contributed by atoms with Gasteiger partial charge in [-0.25, -0.2) is 12.8 Å². The first-order valence-electron chi connectivity index (χ1n) is 10.7. The van der Waals surface area contributed by atoms with E-state index in [2.05, 4.69) is 10.0 Å². The number of amides is 1. The third kappa shape index (κ3) is 6.78. The minimum Gasteiger partial charge on any atom is -0.467 e. The normalized spacial score (nSPS) is 11.2. The van der Waals surface area contributed by atoms with E-state index in [-0.39, 0.29) is 16.5 Å². The summed E-state index contributed by atoms with van der Waals surface area (Å²) in [5, 5.41) is 2.85. The van der Waals surface area contributed by atoms with Crippen LogP contribution >= 0.6 is 0 Å². The average Bonchev–Trinajstić information content (AvgIpc) is 3.37. The van der Waals surface area contributed by atoms with Crippen LogP contribution in [-0.2, 0) is 34.5 Å². The van der Waals surface area contributed by atoms with Crippen molar-refractivity contribution in [1.82, 2.24) is 5.32 Å². The van der Waals surface area contributed by atoms with Crippen molar-refractivity contribution in [3.05, 3.63) is 119 Å². The number of benzene rings is 3. The molecule has 3 aromatic carbocycles. The van der Waals surface area contributed by atoms with Crippen LogP contribution in [0.4, 0.5) is 10.1 Å². The van der Waals surface area contributed by atoms with Crippen LogP contribution in [0.2, 0.25) is 0 Å². The van der Waals surface area contributed by atoms with E-state index < -0.39 is 15.8 Å². The fourth-order valence-corrected chi connectivity index (χ4v) is 4.35. The van der Waals surface area contributed by atoms with Gasteiger partial charge in [0.25, 0.3) is 15.9 Å². The summed E-state index contributed by atoms with van der Waals surface area (Å²) in [5.41, 5.74) is 2.56. The Hall–Kier alpha value is -3.95. The van der Waals surface area contributed by atoms with Crippen LogP contribution in [-0.4, -0.2) is 14.3 Å². The molecular formula is C26H23FN2O5S.